The SMILES string of the molecule is C=C(C)COc1ccccc1C(=O)N1CCC(C)CC1. The van der Waals surface area contributed by atoms with Gasteiger partial charge in [-0.3, -0.25) is 4.79 Å². The average Bonchev–Trinajstić information content (AvgIpc) is 2.45. The van der Waals surface area contributed by atoms with Crippen LogP contribution in [0.3, 0.4) is 0 Å². The van der Waals surface area contributed by atoms with E-state index in [0.717, 1.165) is 31.5 Å². The molecule has 1 fully saturated rings. The van der Waals surface area contributed by atoms with Crippen LogP contribution in [0.15, 0.2) is 36.4 Å². The summed E-state index contributed by atoms with van der Waals surface area (Å²) < 4.78 is 5.68. The van der Waals surface area contributed by atoms with E-state index >= 15 is 0 Å². The number of hydrogen-bond acceptors (Lipinski definition) is 2. The molecule has 0 atom stereocenters. The Labute approximate surface area is 121 Å². The monoisotopic (exact) mass is 273 g/mol. The maximum absolute atomic E-state index is 12.6. The zero-order valence-corrected chi connectivity index (χ0v) is 12.4. The van der Waals surface area contributed by atoms with Crippen molar-refractivity contribution in [2.24, 2.45) is 5.92 Å². The van der Waals surface area contributed by atoms with Crippen molar-refractivity contribution >= 4 is 5.91 Å². The topological polar surface area (TPSA) is 29.5 Å². The van der Waals surface area contributed by atoms with E-state index in [-0.39, 0.29) is 5.91 Å². The first-order chi connectivity index (χ1) is 9.58. The Morgan fingerprint density at radius 2 is 2.00 bits per heavy atom. The molecule has 1 aliphatic rings. The minimum Gasteiger partial charge on any atom is -0.488 e. The number of hydrogen-bond donors (Lipinski definition) is 0. The highest BCUT2D eigenvalue weighted by atomic mass is 16.5. The van der Waals surface area contributed by atoms with Crippen LogP contribution in [-0.2, 0) is 0 Å². The summed E-state index contributed by atoms with van der Waals surface area (Å²) in [5.74, 6) is 1.45. The fourth-order valence-corrected chi connectivity index (χ4v) is 2.35. The molecule has 0 radical (unpaired) electrons. The van der Waals surface area contributed by atoms with E-state index in [9.17, 15) is 4.79 Å². The van der Waals surface area contributed by atoms with E-state index in [0.29, 0.717) is 23.8 Å². The minimum absolute atomic E-state index is 0.0780. The van der Waals surface area contributed by atoms with Crippen molar-refractivity contribution in [1.29, 1.82) is 0 Å². The molecule has 20 heavy (non-hydrogen) atoms. The largest absolute Gasteiger partial charge is 0.488 e. The molecule has 1 heterocycles. The molecule has 0 saturated carbocycles. The van der Waals surface area contributed by atoms with Gasteiger partial charge in [-0.25, -0.2) is 0 Å². The van der Waals surface area contributed by atoms with Crippen LogP contribution in [-0.4, -0.2) is 30.5 Å². The van der Waals surface area contributed by atoms with Crippen molar-refractivity contribution in [1.82, 2.24) is 4.90 Å². The summed E-state index contributed by atoms with van der Waals surface area (Å²) in [7, 11) is 0. The molecule has 3 heteroatoms. The van der Waals surface area contributed by atoms with Gasteiger partial charge in [0.1, 0.15) is 12.4 Å². The molecule has 2 rings (SSSR count). The van der Waals surface area contributed by atoms with E-state index in [1.54, 1.807) is 0 Å². The number of para-hydroxylation sites is 1. The molecule has 1 aliphatic heterocycles. The first-order valence-corrected chi connectivity index (χ1v) is 7.23. The summed E-state index contributed by atoms with van der Waals surface area (Å²) >= 11 is 0. The molecule has 0 aliphatic carbocycles. The lowest BCUT2D eigenvalue weighted by Crippen LogP contribution is -2.38. The third kappa shape index (κ3) is 3.62. The van der Waals surface area contributed by atoms with E-state index < -0.39 is 0 Å². The smallest absolute Gasteiger partial charge is 0.257 e. The van der Waals surface area contributed by atoms with Crippen molar-refractivity contribution in [3.63, 3.8) is 0 Å². The van der Waals surface area contributed by atoms with Gasteiger partial charge in [0.15, 0.2) is 0 Å². The fourth-order valence-electron chi connectivity index (χ4n) is 2.35. The highest BCUT2D eigenvalue weighted by Crippen LogP contribution is 2.23. The molecule has 108 valence electrons. The van der Waals surface area contributed by atoms with Gasteiger partial charge in [0.25, 0.3) is 5.91 Å². The average molecular weight is 273 g/mol. The van der Waals surface area contributed by atoms with E-state index in [2.05, 4.69) is 13.5 Å². The van der Waals surface area contributed by atoms with Gasteiger partial charge >= 0.3 is 0 Å². The number of carbonyl (C=O) groups is 1. The van der Waals surface area contributed by atoms with E-state index in [1.807, 2.05) is 36.1 Å². The summed E-state index contributed by atoms with van der Waals surface area (Å²) in [6.07, 6.45) is 2.17. The van der Waals surface area contributed by atoms with Crippen LogP contribution in [0.25, 0.3) is 0 Å². The number of carbonyl (C=O) groups excluding carboxylic acids is 1. The molecule has 0 bridgehead atoms. The summed E-state index contributed by atoms with van der Waals surface area (Å²) in [4.78, 5) is 14.5. The Morgan fingerprint density at radius 3 is 2.65 bits per heavy atom. The van der Waals surface area contributed by atoms with Gasteiger partial charge in [-0.15, -0.1) is 0 Å². The van der Waals surface area contributed by atoms with Gasteiger partial charge in [0, 0.05) is 13.1 Å². The lowest BCUT2D eigenvalue weighted by Gasteiger charge is -2.30. The van der Waals surface area contributed by atoms with E-state index in [1.165, 1.54) is 0 Å². The van der Waals surface area contributed by atoms with Crippen LogP contribution in [0.4, 0.5) is 0 Å². The number of benzene rings is 1. The Hall–Kier alpha value is -1.77. The third-order valence-electron chi connectivity index (χ3n) is 3.66. The first-order valence-electron chi connectivity index (χ1n) is 7.23. The predicted molar refractivity (Wildman–Crippen MR) is 81.1 cm³/mol. The Bertz CT molecular complexity index is 488. The lowest BCUT2D eigenvalue weighted by atomic mass is 9.98. The molecular formula is C17H23NO2. The zero-order valence-electron chi connectivity index (χ0n) is 12.4. The summed E-state index contributed by atoms with van der Waals surface area (Å²) in [6, 6.07) is 7.47. The lowest BCUT2D eigenvalue weighted by molar-refractivity contribution is 0.0693. The van der Waals surface area contributed by atoms with Crippen LogP contribution in [0.5, 0.6) is 5.75 Å². The van der Waals surface area contributed by atoms with E-state index in [4.69, 9.17) is 4.74 Å². The second-order valence-electron chi connectivity index (χ2n) is 5.72. The normalized spacial score (nSPS) is 16.0. The molecule has 1 aromatic rings. The van der Waals surface area contributed by atoms with Crippen molar-refractivity contribution in [3.8, 4) is 5.75 Å². The number of piperidine rings is 1. The summed E-state index contributed by atoms with van der Waals surface area (Å²) in [5.41, 5.74) is 1.60. The quantitative estimate of drug-likeness (QED) is 0.786. The van der Waals surface area contributed by atoms with Crippen molar-refractivity contribution in [2.75, 3.05) is 19.7 Å². The first kappa shape index (κ1) is 14.6. The number of likely N-dealkylation sites (tertiary alicyclic amines) is 1. The Morgan fingerprint density at radius 1 is 1.35 bits per heavy atom. The summed E-state index contributed by atoms with van der Waals surface area (Å²) in [5, 5.41) is 0. The number of ether oxygens (including phenoxy) is 1. The maximum Gasteiger partial charge on any atom is 0.257 e. The Balaban J connectivity index is 2.11. The molecular weight excluding hydrogens is 250 g/mol. The molecule has 1 saturated heterocycles. The fraction of sp³-hybridized carbons (Fsp3) is 0.471. The molecule has 1 amide bonds. The molecule has 0 N–H and O–H groups in total. The Kier molecular flexibility index (Phi) is 4.83. The second kappa shape index (κ2) is 6.60. The van der Waals surface area contributed by atoms with Crippen LogP contribution in [0.1, 0.15) is 37.0 Å². The van der Waals surface area contributed by atoms with Gasteiger partial charge in [-0.1, -0.05) is 25.6 Å². The van der Waals surface area contributed by atoms with Gasteiger partial charge in [-0.2, -0.15) is 0 Å². The molecule has 0 aromatic heterocycles. The van der Waals surface area contributed by atoms with Gasteiger partial charge in [0.05, 0.1) is 5.56 Å². The predicted octanol–water partition coefficient (Wildman–Crippen LogP) is 3.51. The van der Waals surface area contributed by atoms with Crippen molar-refractivity contribution in [2.45, 2.75) is 26.7 Å². The molecule has 1 aromatic carbocycles. The zero-order chi connectivity index (χ0) is 14.5. The highest BCUT2D eigenvalue weighted by molar-refractivity contribution is 5.97. The third-order valence-corrected chi connectivity index (χ3v) is 3.66. The highest BCUT2D eigenvalue weighted by Gasteiger charge is 2.23. The van der Waals surface area contributed by atoms with Crippen molar-refractivity contribution < 1.29 is 9.53 Å². The minimum atomic E-state index is 0.0780. The van der Waals surface area contributed by atoms with Gasteiger partial charge < -0.3 is 9.64 Å². The number of nitrogens with zero attached hydrogens (tertiary/aromatic N) is 1. The van der Waals surface area contributed by atoms with Crippen LogP contribution >= 0.6 is 0 Å². The van der Waals surface area contributed by atoms with Crippen LogP contribution in [0.2, 0.25) is 0 Å². The van der Waals surface area contributed by atoms with Gasteiger partial charge in [-0.05, 0) is 43.4 Å². The van der Waals surface area contributed by atoms with Crippen molar-refractivity contribution in [3.05, 3.63) is 42.0 Å². The van der Waals surface area contributed by atoms with Gasteiger partial charge in [0.2, 0.25) is 0 Å². The number of rotatable bonds is 4. The maximum atomic E-state index is 12.6. The molecule has 3 nitrogen and oxygen atoms in total. The second-order valence-corrected chi connectivity index (χ2v) is 5.72. The standard InChI is InChI=1S/C17H23NO2/c1-13(2)12-20-16-7-5-4-6-15(16)17(19)18-10-8-14(3)9-11-18/h4-7,14H,1,8-12H2,2-3H3. The van der Waals surface area contributed by atoms with Crippen LogP contribution < -0.4 is 4.74 Å². The summed E-state index contributed by atoms with van der Waals surface area (Å²) in [6.45, 7) is 10.1. The number of amides is 1. The van der Waals surface area contributed by atoms with Crippen LogP contribution in [0, 0.1) is 5.92 Å². The molecule has 0 spiro atoms. The molecule has 0 unspecified atom stereocenters.